The Morgan fingerprint density at radius 2 is 1.71 bits per heavy atom. The third kappa shape index (κ3) is 7.85. The third-order valence-electron chi connectivity index (χ3n) is 7.76. The van der Waals surface area contributed by atoms with Crippen molar-refractivity contribution in [3.05, 3.63) is 82.4 Å². The molecular weight excluding hydrogens is 532 g/mol. The second kappa shape index (κ2) is 14.3. The zero-order valence-corrected chi connectivity index (χ0v) is 25.1. The Labute approximate surface area is 249 Å². The Balaban J connectivity index is 0.00000211. The first-order valence-corrected chi connectivity index (χ1v) is 14.6. The van der Waals surface area contributed by atoms with E-state index in [0.717, 1.165) is 23.6 Å². The maximum Gasteiger partial charge on any atom is 0.294 e. The molecule has 0 bridgehead atoms. The van der Waals surface area contributed by atoms with Crippen LogP contribution in [-0.2, 0) is 16.0 Å². The molecule has 0 radical (unpaired) electrons. The number of halogens is 2. The smallest absolute Gasteiger partial charge is 0.294 e. The summed E-state index contributed by atoms with van der Waals surface area (Å²) in [6.07, 6.45) is 9.73. The molecule has 2 unspecified atom stereocenters. The van der Waals surface area contributed by atoms with Crippen LogP contribution >= 0.6 is 0 Å². The molecular formula is C36H41F2NO3. The van der Waals surface area contributed by atoms with Gasteiger partial charge in [-0.05, 0) is 67.4 Å². The van der Waals surface area contributed by atoms with Gasteiger partial charge in [-0.2, -0.15) is 8.78 Å². The highest BCUT2D eigenvalue weighted by Crippen LogP contribution is 2.34. The fraction of sp³-hybridized carbons (Fsp3) is 0.389. The molecule has 1 saturated carbocycles. The molecule has 0 amide bonds. The number of carbonyl (C=O) groups excluding carboxylic acids is 3. The number of nitrogens with zero attached hydrogens (tertiary/aromatic N) is 1. The highest BCUT2D eigenvalue weighted by molar-refractivity contribution is 6.10. The summed E-state index contributed by atoms with van der Waals surface area (Å²) in [4.78, 5) is 42.5. The van der Waals surface area contributed by atoms with Gasteiger partial charge < -0.3 is 0 Å². The monoisotopic (exact) mass is 573 g/mol. The van der Waals surface area contributed by atoms with Crippen LogP contribution in [0.25, 0.3) is 11.3 Å². The number of hydrogen-bond donors (Lipinski definition) is 0. The van der Waals surface area contributed by atoms with Crippen molar-refractivity contribution in [2.75, 3.05) is 0 Å². The number of allylic oxidation sites excluding steroid dienone is 3. The zero-order chi connectivity index (χ0) is 31.0. The predicted molar refractivity (Wildman–Crippen MR) is 168 cm³/mol. The fourth-order valence-electron chi connectivity index (χ4n) is 5.42. The van der Waals surface area contributed by atoms with Crippen LogP contribution in [0.2, 0.25) is 0 Å². The van der Waals surface area contributed by atoms with Crippen molar-refractivity contribution in [2.45, 2.75) is 79.1 Å². The average Bonchev–Trinajstić information content (AvgIpc) is 2.98. The molecule has 0 aromatic heterocycles. The highest BCUT2D eigenvalue weighted by atomic mass is 19.3. The molecule has 222 valence electrons. The third-order valence-corrected chi connectivity index (χ3v) is 7.76. The van der Waals surface area contributed by atoms with Gasteiger partial charge in [-0.25, -0.2) is 4.99 Å². The van der Waals surface area contributed by atoms with Crippen LogP contribution in [0, 0.1) is 24.2 Å². The summed E-state index contributed by atoms with van der Waals surface area (Å²) in [5.74, 6) is -1.62. The number of rotatable bonds is 6. The summed E-state index contributed by atoms with van der Waals surface area (Å²) in [6.45, 7) is 8.38. The van der Waals surface area contributed by atoms with Crippen LogP contribution in [0.4, 0.5) is 8.78 Å². The van der Waals surface area contributed by atoms with Gasteiger partial charge in [-0.3, -0.25) is 14.4 Å². The normalized spacial score (nSPS) is 20.2. The zero-order valence-electron chi connectivity index (χ0n) is 25.1. The number of alkyl halides is 2. The number of terminal acetylenes is 1. The molecule has 0 saturated heterocycles. The van der Waals surface area contributed by atoms with Crippen LogP contribution in [0.15, 0.2) is 65.2 Å². The number of benzene rings is 2. The molecule has 2 atom stereocenters. The maximum absolute atomic E-state index is 14.3. The quantitative estimate of drug-likeness (QED) is 0.197. The molecule has 2 aromatic carbocycles. The molecule has 2 aliphatic rings. The van der Waals surface area contributed by atoms with E-state index in [2.05, 4.69) is 4.99 Å². The molecule has 2 aliphatic carbocycles. The maximum atomic E-state index is 14.3. The Morgan fingerprint density at radius 1 is 1.05 bits per heavy atom. The van der Waals surface area contributed by atoms with Crippen LogP contribution in [0.3, 0.4) is 0 Å². The van der Waals surface area contributed by atoms with E-state index in [9.17, 15) is 23.2 Å². The Kier molecular flexibility index (Phi) is 11.1. The average molecular weight is 574 g/mol. The Hall–Kier alpha value is -3.98. The first-order chi connectivity index (χ1) is 20.0. The topological polar surface area (TPSA) is 63.6 Å². The second-order valence-corrected chi connectivity index (χ2v) is 10.9. The molecule has 4 nitrogen and oxygen atoms in total. The van der Waals surface area contributed by atoms with Crippen molar-refractivity contribution in [1.82, 2.24) is 0 Å². The largest absolute Gasteiger partial charge is 0.300 e. The van der Waals surface area contributed by atoms with E-state index in [1.165, 1.54) is 0 Å². The van der Waals surface area contributed by atoms with Crippen molar-refractivity contribution in [1.29, 1.82) is 0 Å². The molecule has 2 aromatic rings. The lowest BCUT2D eigenvalue weighted by Gasteiger charge is -2.25. The van der Waals surface area contributed by atoms with Crippen molar-refractivity contribution in [3.63, 3.8) is 0 Å². The highest BCUT2D eigenvalue weighted by Gasteiger charge is 2.31. The van der Waals surface area contributed by atoms with Gasteiger partial charge in [0.1, 0.15) is 11.6 Å². The van der Waals surface area contributed by atoms with Crippen LogP contribution in [-0.4, -0.2) is 29.0 Å². The molecule has 0 heterocycles. The van der Waals surface area contributed by atoms with E-state index >= 15 is 0 Å². The Bertz CT molecular complexity index is 1480. The fourth-order valence-corrected chi connectivity index (χ4v) is 5.42. The predicted octanol–water partition coefficient (Wildman–Crippen LogP) is 8.60. The number of Topliss-reactive ketones (excluding diaryl/α,β-unsaturated/α-hetero) is 2. The van der Waals surface area contributed by atoms with Crippen LogP contribution in [0.5, 0.6) is 0 Å². The number of fused-ring (bicyclic) bond motifs is 1. The molecule has 6 heteroatoms. The summed E-state index contributed by atoms with van der Waals surface area (Å²) < 4.78 is 28.5. The van der Waals surface area contributed by atoms with Gasteiger partial charge in [-0.15, -0.1) is 6.42 Å². The van der Waals surface area contributed by atoms with Crippen molar-refractivity contribution in [3.8, 4) is 12.3 Å². The molecule has 0 aliphatic heterocycles. The van der Waals surface area contributed by atoms with Gasteiger partial charge in [0, 0.05) is 44.2 Å². The van der Waals surface area contributed by atoms with Gasteiger partial charge in [-0.1, -0.05) is 68.8 Å². The number of ketones is 3. The van der Waals surface area contributed by atoms with Gasteiger partial charge in [0.15, 0.2) is 11.5 Å². The second-order valence-electron chi connectivity index (χ2n) is 10.9. The summed E-state index contributed by atoms with van der Waals surface area (Å²) in [6, 6.07) is 14.5. The van der Waals surface area contributed by atoms with Gasteiger partial charge in [0.2, 0.25) is 0 Å². The lowest BCUT2D eigenvalue weighted by atomic mass is 9.78. The van der Waals surface area contributed by atoms with E-state index in [0.29, 0.717) is 60.9 Å². The molecule has 0 spiro atoms. The molecule has 42 heavy (non-hydrogen) atoms. The number of carbonyl (C=O) groups is 3. The van der Waals surface area contributed by atoms with Crippen molar-refractivity contribution in [2.24, 2.45) is 16.8 Å². The van der Waals surface area contributed by atoms with Gasteiger partial charge >= 0.3 is 0 Å². The van der Waals surface area contributed by atoms with Gasteiger partial charge in [0.05, 0.1) is 5.70 Å². The van der Waals surface area contributed by atoms with E-state index in [1.807, 2.05) is 57.0 Å². The van der Waals surface area contributed by atoms with Crippen LogP contribution in [0.1, 0.15) is 95.2 Å². The minimum Gasteiger partial charge on any atom is -0.300 e. The standard InChI is InChI=1S/C34H33F2NO3.C2H6.H2/c1-5-31(34(4,35)36)37-32(22(3)24-9-7-6-8-10-24)25-13-16-29-27(20-25)18-23(19-30(29)39)17-26-12-15-28(38)14-11-21(2)33(26)40;1-2;/h1,6-10,13,16,19-21,26H,11-12,14-15,17-18H2,2-4H3;1-2H3;1H/b32-22+,37-31?;;. The van der Waals surface area contributed by atoms with Gasteiger partial charge in [0.25, 0.3) is 5.92 Å². The van der Waals surface area contributed by atoms with E-state index in [1.54, 1.807) is 31.2 Å². The van der Waals surface area contributed by atoms with E-state index in [-0.39, 0.29) is 30.6 Å². The van der Waals surface area contributed by atoms with E-state index < -0.39 is 11.6 Å². The van der Waals surface area contributed by atoms with Crippen molar-refractivity contribution < 1.29 is 24.6 Å². The lowest BCUT2D eigenvalue weighted by molar-refractivity contribution is -0.129. The Morgan fingerprint density at radius 3 is 2.36 bits per heavy atom. The molecule has 0 N–H and O–H groups in total. The lowest BCUT2D eigenvalue weighted by Crippen LogP contribution is -2.27. The molecule has 4 rings (SSSR count). The molecule has 1 fully saturated rings. The first-order valence-electron chi connectivity index (χ1n) is 14.6. The first kappa shape index (κ1) is 32.5. The minimum atomic E-state index is -3.31. The van der Waals surface area contributed by atoms with Crippen molar-refractivity contribution >= 4 is 34.3 Å². The summed E-state index contributed by atoms with van der Waals surface area (Å²) in [5.41, 5.74) is 3.74. The summed E-state index contributed by atoms with van der Waals surface area (Å²) >= 11 is 0. The van der Waals surface area contributed by atoms with E-state index in [4.69, 9.17) is 6.42 Å². The SMILES string of the molecule is C#CC(=N/C(=C(\C)c1ccccc1)c1ccc2c(c1)CC(CC1CCC(=O)CCC(C)C1=O)=CC2=O)C(C)(F)F.CC.[HH]. The number of hydrogen-bond acceptors (Lipinski definition) is 4. The summed E-state index contributed by atoms with van der Waals surface area (Å²) in [7, 11) is 0. The minimum absolute atomic E-state index is 0. The summed E-state index contributed by atoms with van der Waals surface area (Å²) in [5, 5.41) is 0. The number of aliphatic imine (C=N–C) groups is 1. The van der Waals surface area contributed by atoms with Crippen LogP contribution < -0.4 is 0 Å².